The van der Waals surface area contributed by atoms with Crippen molar-refractivity contribution in [2.75, 3.05) is 45.9 Å². The smallest absolute Gasteiger partial charge is 0.240 e. The highest BCUT2D eigenvalue weighted by molar-refractivity contribution is 5.85. The lowest BCUT2D eigenvalue weighted by Crippen LogP contribution is -2.47. The Morgan fingerprint density at radius 1 is 1.23 bits per heavy atom. The number of nitrogens with zero attached hydrogens (tertiary/aromatic N) is 4. The van der Waals surface area contributed by atoms with Gasteiger partial charge in [0.05, 0.1) is 6.54 Å². The summed E-state index contributed by atoms with van der Waals surface area (Å²) in [7, 11) is 0. The van der Waals surface area contributed by atoms with Crippen molar-refractivity contribution in [2.24, 2.45) is 5.73 Å². The van der Waals surface area contributed by atoms with Crippen LogP contribution in [0, 0.1) is 0 Å². The Hall–Kier alpha value is -0.440. The van der Waals surface area contributed by atoms with Crippen LogP contribution < -0.4 is 5.73 Å². The molecule has 0 bridgehead atoms. The van der Waals surface area contributed by atoms with Crippen LogP contribution in [0.25, 0.3) is 0 Å². The van der Waals surface area contributed by atoms with Gasteiger partial charge in [0.1, 0.15) is 6.10 Å². The van der Waals surface area contributed by atoms with E-state index in [9.17, 15) is 0 Å². The molecule has 1 aromatic heterocycles. The van der Waals surface area contributed by atoms with E-state index in [1.165, 1.54) is 0 Å². The van der Waals surface area contributed by atoms with Gasteiger partial charge < -0.3 is 15.0 Å². The van der Waals surface area contributed by atoms with Crippen LogP contribution >= 0.6 is 24.8 Å². The van der Waals surface area contributed by atoms with E-state index in [0.29, 0.717) is 24.9 Å². The predicted octanol–water partition coefficient (Wildman–Crippen LogP) is 1.09. The first-order valence-electron chi connectivity index (χ1n) is 7.31. The van der Waals surface area contributed by atoms with E-state index in [0.717, 1.165) is 39.3 Å². The maximum atomic E-state index is 5.57. The average molecular weight is 356 g/mol. The average Bonchev–Trinajstić information content (AvgIpc) is 2.90. The molecular weight excluding hydrogens is 329 g/mol. The maximum Gasteiger partial charge on any atom is 0.240 e. The SMILES string of the molecule is CCOC(C)c1noc(CN2CCN(CCN)CC2)n1.Cl.Cl. The minimum Gasteiger partial charge on any atom is -0.371 e. The van der Waals surface area contributed by atoms with Crippen molar-refractivity contribution in [3.8, 4) is 0 Å². The van der Waals surface area contributed by atoms with E-state index in [1.54, 1.807) is 0 Å². The predicted molar refractivity (Wildman–Crippen MR) is 89.6 cm³/mol. The van der Waals surface area contributed by atoms with Gasteiger partial charge >= 0.3 is 0 Å². The number of hydrogen-bond donors (Lipinski definition) is 1. The molecule has 7 nitrogen and oxygen atoms in total. The van der Waals surface area contributed by atoms with Crippen LogP contribution in [-0.4, -0.2) is 65.8 Å². The fourth-order valence-electron chi connectivity index (χ4n) is 2.37. The van der Waals surface area contributed by atoms with Crippen molar-refractivity contribution in [3.05, 3.63) is 11.7 Å². The molecule has 1 atom stereocenters. The van der Waals surface area contributed by atoms with E-state index < -0.39 is 0 Å². The van der Waals surface area contributed by atoms with Crippen LogP contribution in [0.4, 0.5) is 0 Å². The van der Waals surface area contributed by atoms with Crippen LogP contribution in [0.3, 0.4) is 0 Å². The largest absolute Gasteiger partial charge is 0.371 e. The zero-order valence-electron chi connectivity index (χ0n) is 13.2. The van der Waals surface area contributed by atoms with Gasteiger partial charge in [-0.25, -0.2) is 0 Å². The molecule has 2 rings (SSSR count). The Morgan fingerprint density at radius 3 is 2.45 bits per heavy atom. The third-order valence-electron chi connectivity index (χ3n) is 3.53. The lowest BCUT2D eigenvalue weighted by atomic mass is 10.3. The van der Waals surface area contributed by atoms with Crippen LogP contribution in [0.5, 0.6) is 0 Å². The first kappa shape index (κ1) is 21.6. The summed E-state index contributed by atoms with van der Waals surface area (Å²) in [6, 6.07) is 0. The monoisotopic (exact) mass is 355 g/mol. The third-order valence-corrected chi connectivity index (χ3v) is 3.53. The van der Waals surface area contributed by atoms with E-state index >= 15 is 0 Å². The molecule has 0 amide bonds. The normalized spacial score (nSPS) is 17.6. The Labute approximate surface area is 144 Å². The molecule has 1 aliphatic heterocycles. The van der Waals surface area contributed by atoms with Crippen LogP contribution in [0.1, 0.15) is 31.7 Å². The van der Waals surface area contributed by atoms with Crippen LogP contribution in [0.2, 0.25) is 0 Å². The van der Waals surface area contributed by atoms with Crippen LogP contribution in [-0.2, 0) is 11.3 Å². The van der Waals surface area contributed by atoms with Gasteiger partial charge in [-0.1, -0.05) is 5.16 Å². The first-order valence-corrected chi connectivity index (χ1v) is 7.31. The number of aromatic nitrogens is 2. The summed E-state index contributed by atoms with van der Waals surface area (Å²) in [5.74, 6) is 1.29. The number of halogens is 2. The van der Waals surface area contributed by atoms with E-state index in [1.807, 2.05) is 13.8 Å². The summed E-state index contributed by atoms with van der Waals surface area (Å²) in [4.78, 5) is 9.11. The molecule has 0 aromatic carbocycles. The van der Waals surface area contributed by atoms with Crippen molar-refractivity contribution < 1.29 is 9.26 Å². The number of piperazine rings is 1. The standard InChI is InChI=1S/C13H25N5O2.2ClH/c1-3-19-11(2)13-15-12(20-16-13)10-18-8-6-17(5-4-14)7-9-18;;/h11H,3-10,14H2,1-2H3;2*1H. The molecule has 0 aliphatic carbocycles. The summed E-state index contributed by atoms with van der Waals surface area (Å²) >= 11 is 0. The second kappa shape index (κ2) is 11.2. The van der Waals surface area contributed by atoms with Crippen molar-refractivity contribution in [3.63, 3.8) is 0 Å². The Kier molecular flexibility index (Phi) is 10.9. The summed E-state index contributed by atoms with van der Waals surface area (Å²) in [6.45, 7) is 11.1. The molecule has 1 saturated heterocycles. The zero-order chi connectivity index (χ0) is 14.4. The lowest BCUT2D eigenvalue weighted by molar-refractivity contribution is 0.0683. The fraction of sp³-hybridized carbons (Fsp3) is 0.846. The molecule has 22 heavy (non-hydrogen) atoms. The van der Waals surface area contributed by atoms with E-state index in [2.05, 4.69) is 19.9 Å². The molecule has 1 aromatic rings. The van der Waals surface area contributed by atoms with Crippen molar-refractivity contribution in [1.82, 2.24) is 19.9 Å². The van der Waals surface area contributed by atoms with Crippen molar-refractivity contribution in [2.45, 2.75) is 26.5 Å². The molecule has 1 fully saturated rings. The maximum absolute atomic E-state index is 5.57. The Bertz CT molecular complexity index is 400. The first-order chi connectivity index (χ1) is 9.72. The van der Waals surface area contributed by atoms with Gasteiger partial charge in [0.25, 0.3) is 0 Å². The Morgan fingerprint density at radius 2 is 1.86 bits per heavy atom. The highest BCUT2D eigenvalue weighted by Gasteiger charge is 2.20. The molecule has 0 spiro atoms. The van der Waals surface area contributed by atoms with Crippen LogP contribution in [0.15, 0.2) is 4.52 Å². The molecule has 2 heterocycles. The van der Waals surface area contributed by atoms with E-state index in [-0.39, 0.29) is 30.9 Å². The molecular formula is C13H27Cl2N5O2. The highest BCUT2D eigenvalue weighted by Crippen LogP contribution is 2.14. The van der Waals surface area contributed by atoms with Gasteiger partial charge in [0, 0.05) is 45.9 Å². The molecule has 0 radical (unpaired) electrons. The summed E-state index contributed by atoms with van der Waals surface area (Å²) < 4.78 is 10.7. The summed E-state index contributed by atoms with van der Waals surface area (Å²) in [6.07, 6.45) is -0.112. The fourth-order valence-corrected chi connectivity index (χ4v) is 2.37. The Balaban J connectivity index is 0.00000220. The van der Waals surface area contributed by atoms with Crippen molar-refractivity contribution in [1.29, 1.82) is 0 Å². The molecule has 1 aliphatic rings. The highest BCUT2D eigenvalue weighted by atomic mass is 35.5. The second-order valence-corrected chi connectivity index (χ2v) is 5.05. The van der Waals surface area contributed by atoms with Gasteiger partial charge in [0.15, 0.2) is 5.82 Å². The van der Waals surface area contributed by atoms with E-state index in [4.69, 9.17) is 15.0 Å². The third kappa shape index (κ3) is 6.36. The van der Waals surface area contributed by atoms with Gasteiger partial charge in [-0.2, -0.15) is 4.98 Å². The number of ether oxygens (including phenoxy) is 1. The molecule has 2 N–H and O–H groups in total. The van der Waals surface area contributed by atoms with Gasteiger partial charge in [-0.05, 0) is 13.8 Å². The summed E-state index contributed by atoms with van der Waals surface area (Å²) in [5, 5.41) is 3.98. The minimum absolute atomic E-state index is 0. The molecule has 0 saturated carbocycles. The number of hydrogen-bond acceptors (Lipinski definition) is 7. The number of rotatable bonds is 7. The zero-order valence-corrected chi connectivity index (χ0v) is 14.9. The van der Waals surface area contributed by atoms with Gasteiger partial charge in [0.2, 0.25) is 5.89 Å². The summed E-state index contributed by atoms with van der Waals surface area (Å²) in [5.41, 5.74) is 5.57. The number of nitrogens with two attached hydrogens (primary N) is 1. The quantitative estimate of drug-likeness (QED) is 0.783. The lowest BCUT2D eigenvalue weighted by Gasteiger charge is -2.33. The topological polar surface area (TPSA) is 80.7 Å². The minimum atomic E-state index is -0.112. The van der Waals surface area contributed by atoms with Gasteiger partial charge in [-0.15, -0.1) is 24.8 Å². The molecule has 130 valence electrons. The van der Waals surface area contributed by atoms with Crippen molar-refractivity contribution >= 4 is 24.8 Å². The van der Waals surface area contributed by atoms with Gasteiger partial charge in [-0.3, -0.25) is 9.80 Å². The molecule has 1 unspecified atom stereocenters. The second-order valence-electron chi connectivity index (χ2n) is 5.05. The molecule has 9 heteroatoms.